The fraction of sp³-hybridized carbons (Fsp3) is 0.750. The van der Waals surface area contributed by atoms with Gasteiger partial charge >= 0.3 is 5.97 Å². The molecule has 1 N–H and O–H groups in total. The Morgan fingerprint density at radius 2 is 1.97 bits per heavy atom. The molecule has 0 aromatic rings. The zero-order valence-electron chi connectivity index (χ0n) is 22.8. The van der Waals surface area contributed by atoms with Gasteiger partial charge in [-0.3, -0.25) is 14.4 Å². The summed E-state index contributed by atoms with van der Waals surface area (Å²) in [5, 5.41) is 10.0. The van der Waals surface area contributed by atoms with E-state index in [0.29, 0.717) is 19.4 Å². The number of esters is 1. The van der Waals surface area contributed by atoms with Gasteiger partial charge in [-0.2, -0.15) is 0 Å². The highest BCUT2D eigenvalue weighted by Gasteiger charge is 2.80. The molecule has 0 radical (unpaired) electrons. The van der Waals surface area contributed by atoms with Gasteiger partial charge in [-0.25, -0.2) is 0 Å². The van der Waals surface area contributed by atoms with E-state index in [1.165, 1.54) is 4.90 Å². The van der Waals surface area contributed by atoms with Crippen LogP contribution < -0.4 is 0 Å². The van der Waals surface area contributed by atoms with Crippen LogP contribution in [-0.2, 0) is 23.9 Å². The highest BCUT2D eigenvalue weighted by atomic mass is 16.6. The summed E-state index contributed by atoms with van der Waals surface area (Å²) in [6.07, 6.45) is 6.38. The number of hydrogen-bond donors (Lipinski definition) is 1. The van der Waals surface area contributed by atoms with E-state index in [1.54, 1.807) is 17.9 Å². The summed E-state index contributed by atoms with van der Waals surface area (Å²) in [6, 6.07) is -1.57. The van der Waals surface area contributed by atoms with Crippen molar-refractivity contribution in [3.63, 3.8) is 0 Å². The number of likely N-dealkylation sites (tertiary alicyclic amines) is 1. The molecule has 0 aromatic heterocycles. The van der Waals surface area contributed by atoms with Crippen LogP contribution in [0.4, 0.5) is 0 Å². The average Bonchev–Trinajstić information content (AvgIpc) is 3.32. The monoisotopic (exact) mass is 504 g/mol. The van der Waals surface area contributed by atoms with Crippen molar-refractivity contribution < 1.29 is 29.0 Å². The molecule has 3 rings (SSSR count). The van der Waals surface area contributed by atoms with Crippen molar-refractivity contribution in [2.75, 3.05) is 19.8 Å². The van der Waals surface area contributed by atoms with Crippen LogP contribution in [0.1, 0.15) is 67.2 Å². The van der Waals surface area contributed by atoms with Gasteiger partial charge in [0, 0.05) is 12.1 Å². The SMILES string of the molecule is C=CCCCCOC(=O)[C@@H]1[C@H]2C(=O)N([C@H](C)CO)C(C(=O)N(CC=C)C(C)(C)C)C23CC(C)[C@@]1(C)O3. The molecule has 2 amide bonds. The van der Waals surface area contributed by atoms with Crippen molar-refractivity contribution in [1.82, 2.24) is 9.80 Å². The van der Waals surface area contributed by atoms with Crippen molar-refractivity contribution in [3.8, 4) is 0 Å². The first kappa shape index (κ1) is 28.4. The van der Waals surface area contributed by atoms with Crippen molar-refractivity contribution in [2.45, 2.75) is 96.1 Å². The summed E-state index contributed by atoms with van der Waals surface area (Å²) < 4.78 is 12.4. The minimum absolute atomic E-state index is 0.0676. The normalized spacial score (nSPS) is 33.9. The highest BCUT2D eigenvalue weighted by Crippen LogP contribution is 2.65. The van der Waals surface area contributed by atoms with Gasteiger partial charge in [-0.1, -0.05) is 19.1 Å². The van der Waals surface area contributed by atoms with Crippen molar-refractivity contribution in [3.05, 3.63) is 25.3 Å². The zero-order chi connectivity index (χ0) is 27.1. The number of rotatable bonds is 11. The van der Waals surface area contributed by atoms with Gasteiger partial charge in [0.25, 0.3) is 0 Å². The van der Waals surface area contributed by atoms with E-state index in [2.05, 4.69) is 13.2 Å². The first-order chi connectivity index (χ1) is 16.8. The molecule has 3 unspecified atom stereocenters. The van der Waals surface area contributed by atoms with Crippen molar-refractivity contribution in [1.29, 1.82) is 0 Å². The maximum Gasteiger partial charge on any atom is 0.312 e. The Morgan fingerprint density at radius 1 is 1.31 bits per heavy atom. The fourth-order valence-electron chi connectivity index (χ4n) is 6.50. The molecule has 0 aromatic carbocycles. The molecule has 0 saturated carbocycles. The number of amides is 2. The Labute approximate surface area is 215 Å². The number of allylic oxidation sites excluding steroid dienone is 1. The first-order valence-electron chi connectivity index (χ1n) is 13.1. The van der Waals surface area contributed by atoms with E-state index >= 15 is 0 Å². The maximum absolute atomic E-state index is 14.2. The van der Waals surface area contributed by atoms with E-state index in [4.69, 9.17) is 9.47 Å². The van der Waals surface area contributed by atoms with Crippen LogP contribution in [0.15, 0.2) is 25.3 Å². The van der Waals surface area contributed by atoms with Gasteiger partial charge in [0.2, 0.25) is 11.8 Å². The number of unbranched alkanes of at least 4 members (excludes halogenated alkanes) is 2. The summed E-state index contributed by atoms with van der Waals surface area (Å²) in [7, 11) is 0. The summed E-state index contributed by atoms with van der Waals surface area (Å²) in [4.78, 5) is 44.9. The fourth-order valence-corrected chi connectivity index (χ4v) is 6.50. The van der Waals surface area contributed by atoms with E-state index in [0.717, 1.165) is 12.8 Å². The van der Waals surface area contributed by atoms with Gasteiger partial charge < -0.3 is 24.4 Å². The lowest BCUT2D eigenvalue weighted by Crippen LogP contribution is -2.61. The molecular formula is C28H44N2O6. The number of aliphatic hydroxyl groups excluding tert-OH is 1. The number of aliphatic hydroxyl groups is 1. The minimum atomic E-state index is -1.16. The number of hydrogen-bond acceptors (Lipinski definition) is 6. The van der Waals surface area contributed by atoms with Gasteiger partial charge in [0.05, 0.1) is 30.8 Å². The van der Waals surface area contributed by atoms with Crippen LogP contribution >= 0.6 is 0 Å². The Balaban J connectivity index is 2.04. The van der Waals surface area contributed by atoms with Crippen LogP contribution in [0.3, 0.4) is 0 Å². The van der Waals surface area contributed by atoms with Gasteiger partial charge in [0.15, 0.2) is 0 Å². The molecular weight excluding hydrogens is 460 g/mol. The lowest BCUT2D eigenvalue weighted by Gasteiger charge is -2.43. The van der Waals surface area contributed by atoms with Crippen LogP contribution in [0.25, 0.3) is 0 Å². The molecule has 36 heavy (non-hydrogen) atoms. The number of carbonyl (C=O) groups excluding carboxylic acids is 3. The van der Waals surface area contributed by atoms with Crippen LogP contribution in [-0.4, -0.2) is 81.3 Å². The lowest BCUT2D eigenvalue weighted by atomic mass is 9.62. The number of nitrogens with zero attached hydrogens (tertiary/aromatic N) is 2. The molecule has 3 heterocycles. The Hall–Kier alpha value is -2.19. The smallest absolute Gasteiger partial charge is 0.312 e. The third-order valence-corrected chi connectivity index (χ3v) is 8.41. The summed E-state index contributed by atoms with van der Waals surface area (Å²) >= 11 is 0. The van der Waals surface area contributed by atoms with E-state index in [1.807, 2.05) is 40.7 Å². The maximum atomic E-state index is 14.2. The predicted molar refractivity (Wildman–Crippen MR) is 137 cm³/mol. The molecule has 0 aliphatic carbocycles. The van der Waals surface area contributed by atoms with Gasteiger partial charge in [-0.15, -0.1) is 13.2 Å². The number of ether oxygens (including phenoxy) is 2. The molecule has 7 atom stereocenters. The van der Waals surface area contributed by atoms with Crippen LogP contribution in [0, 0.1) is 17.8 Å². The highest BCUT2D eigenvalue weighted by molar-refractivity contribution is 5.99. The van der Waals surface area contributed by atoms with Crippen LogP contribution in [0.2, 0.25) is 0 Å². The molecule has 3 aliphatic heterocycles. The number of carbonyl (C=O) groups is 3. The summed E-state index contributed by atoms with van der Waals surface area (Å²) in [5.41, 5.74) is -2.62. The molecule has 8 heteroatoms. The van der Waals surface area contributed by atoms with E-state index in [-0.39, 0.29) is 30.9 Å². The molecule has 1 spiro atoms. The Morgan fingerprint density at radius 3 is 2.53 bits per heavy atom. The summed E-state index contributed by atoms with van der Waals surface area (Å²) in [6.45, 7) is 19.2. The van der Waals surface area contributed by atoms with Crippen LogP contribution in [0.5, 0.6) is 0 Å². The third kappa shape index (κ3) is 4.40. The lowest BCUT2D eigenvalue weighted by molar-refractivity contribution is -0.164. The van der Waals surface area contributed by atoms with Gasteiger partial charge in [0.1, 0.15) is 17.6 Å². The molecule has 8 nitrogen and oxygen atoms in total. The predicted octanol–water partition coefficient (Wildman–Crippen LogP) is 3.09. The minimum Gasteiger partial charge on any atom is -0.465 e. The second-order valence-corrected chi connectivity index (χ2v) is 11.8. The standard InChI is InChI=1S/C28H44N2O6/c1-9-11-12-13-15-35-25(34)21-20-23(32)30(19(4)17-31)22(24(33)29(14-10-2)26(5,6)7)28(20)16-18(3)27(21,8)36-28/h9-10,18-22,31H,1-2,11-17H2,3-8H3/t18?,19-,20+,21+,22?,27-,28?/m1/s1. The quantitative estimate of drug-likeness (QED) is 0.264. The molecule has 2 bridgehead atoms. The summed E-state index contributed by atoms with van der Waals surface area (Å²) in [5.74, 6) is -2.76. The van der Waals surface area contributed by atoms with Crippen molar-refractivity contribution in [2.24, 2.45) is 17.8 Å². The van der Waals surface area contributed by atoms with Gasteiger partial charge in [-0.05, 0) is 66.2 Å². The number of fused-ring (bicyclic) bond motifs is 1. The first-order valence-corrected chi connectivity index (χ1v) is 13.1. The third-order valence-electron chi connectivity index (χ3n) is 8.41. The van der Waals surface area contributed by atoms with E-state index < -0.39 is 46.6 Å². The topological polar surface area (TPSA) is 96.4 Å². The largest absolute Gasteiger partial charge is 0.465 e. The molecule has 3 aliphatic rings. The Kier molecular flexibility index (Phi) is 8.11. The molecule has 202 valence electrons. The second kappa shape index (κ2) is 10.3. The second-order valence-electron chi connectivity index (χ2n) is 11.8. The Bertz CT molecular complexity index is 897. The molecule has 3 fully saturated rings. The average molecular weight is 505 g/mol. The zero-order valence-corrected chi connectivity index (χ0v) is 22.8. The van der Waals surface area contributed by atoms with E-state index in [9.17, 15) is 19.5 Å². The van der Waals surface area contributed by atoms with Crippen molar-refractivity contribution >= 4 is 17.8 Å². The molecule has 3 saturated heterocycles.